The molecule has 0 fully saturated rings. The molecule has 2 aromatic rings. The van der Waals surface area contributed by atoms with Crippen LogP contribution in [0.4, 0.5) is 5.69 Å². The van der Waals surface area contributed by atoms with Gasteiger partial charge in [-0.15, -0.1) is 0 Å². The number of carbonyl (C=O) groups excluding carboxylic acids is 3. The number of para-hydroxylation sites is 1. The molecule has 0 bridgehead atoms. The van der Waals surface area contributed by atoms with Gasteiger partial charge in [-0.2, -0.15) is 5.10 Å². The normalized spacial score (nSPS) is 10.6. The molecule has 0 heterocycles. The van der Waals surface area contributed by atoms with Crippen LogP contribution in [0, 0.1) is 0 Å². The zero-order valence-electron chi connectivity index (χ0n) is 15.9. The van der Waals surface area contributed by atoms with Gasteiger partial charge in [0.05, 0.1) is 11.2 Å². The Balaban J connectivity index is 1.85. The summed E-state index contributed by atoms with van der Waals surface area (Å²) in [4.78, 5) is 34.9. The molecule has 0 spiro atoms. The van der Waals surface area contributed by atoms with Crippen LogP contribution < -0.4 is 20.8 Å². The average Bonchev–Trinajstić information content (AvgIpc) is 2.67. The number of ether oxygens (including phenoxy) is 1. The number of nitrogens with one attached hydrogen (secondary N) is 3. The monoisotopic (exact) mass is 416 g/mol. The van der Waals surface area contributed by atoms with Gasteiger partial charge in [-0.1, -0.05) is 29.8 Å². The molecule has 29 heavy (non-hydrogen) atoms. The highest BCUT2D eigenvalue weighted by molar-refractivity contribution is 6.35. The first-order chi connectivity index (χ1) is 13.8. The minimum atomic E-state index is -0.870. The standard InChI is InChI=1S/C20H21ClN4O4/c1-13(2)23-19(27)20(28)25-22-11-14-8-9-17(16(21)10-14)29-12-18(26)24-15-6-4-3-5-7-15/h3-11,13H,12H2,1-2H3,(H,23,27)(H,24,26)(H,25,28)/b22-11-. The number of carbonyl (C=O) groups is 3. The Morgan fingerprint density at radius 3 is 2.48 bits per heavy atom. The van der Waals surface area contributed by atoms with Gasteiger partial charge in [-0.05, 0) is 49.7 Å². The van der Waals surface area contributed by atoms with E-state index in [1.54, 1.807) is 44.2 Å². The van der Waals surface area contributed by atoms with Gasteiger partial charge < -0.3 is 15.4 Å². The van der Waals surface area contributed by atoms with Crippen molar-refractivity contribution in [3.8, 4) is 5.75 Å². The van der Waals surface area contributed by atoms with Crippen molar-refractivity contribution in [2.45, 2.75) is 19.9 Å². The lowest BCUT2D eigenvalue weighted by Crippen LogP contribution is -2.41. The van der Waals surface area contributed by atoms with Gasteiger partial charge in [0.1, 0.15) is 5.75 Å². The highest BCUT2D eigenvalue weighted by atomic mass is 35.5. The maximum Gasteiger partial charge on any atom is 0.329 e. The van der Waals surface area contributed by atoms with Crippen LogP contribution in [-0.4, -0.2) is 36.6 Å². The van der Waals surface area contributed by atoms with E-state index in [-0.39, 0.29) is 23.6 Å². The molecule has 0 aromatic heterocycles. The molecule has 3 N–H and O–H groups in total. The van der Waals surface area contributed by atoms with Gasteiger partial charge in [0, 0.05) is 11.7 Å². The second-order valence-corrected chi connectivity index (χ2v) is 6.63. The molecular formula is C20H21ClN4O4. The number of benzene rings is 2. The number of halogens is 1. The molecule has 8 nitrogen and oxygen atoms in total. The van der Waals surface area contributed by atoms with Crippen molar-refractivity contribution in [3.63, 3.8) is 0 Å². The molecule has 0 saturated heterocycles. The third-order valence-electron chi connectivity index (χ3n) is 3.38. The fraction of sp³-hybridized carbons (Fsp3) is 0.200. The lowest BCUT2D eigenvalue weighted by molar-refractivity contribution is -0.139. The molecule has 9 heteroatoms. The van der Waals surface area contributed by atoms with E-state index < -0.39 is 11.8 Å². The molecular weight excluding hydrogens is 396 g/mol. The van der Waals surface area contributed by atoms with Crippen molar-refractivity contribution < 1.29 is 19.1 Å². The molecule has 152 valence electrons. The van der Waals surface area contributed by atoms with Gasteiger partial charge in [0.15, 0.2) is 6.61 Å². The fourth-order valence-electron chi connectivity index (χ4n) is 2.12. The van der Waals surface area contributed by atoms with E-state index in [1.165, 1.54) is 6.21 Å². The van der Waals surface area contributed by atoms with Gasteiger partial charge in [-0.3, -0.25) is 14.4 Å². The molecule has 0 unspecified atom stereocenters. The Labute approximate surface area is 173 Å². The van der Waals surface area contributed by atoms with E-state index >= 15 is 0 Å². The highest BCUT2D eigenvalue weighted by Gasteiger charge is 2.13. The van der Waals surface area contributed by atoms with Crippen LogP contribution in [-0.2, 0) is 14.4 Å². The first-order valence-electron chi connectivity index (χ1n) is 8.76. The predicted molar refractivity (Wildman–Crippen MR) is 111 cm³/mol. The van der Waals surface area contributed by atoms with Crippen LogP contribution in [0.5, 0.6) is 5.75 Å². The molecule has 0 saturated carbocycles. The third-order valence-corrected chi connectivity index (χ3v) is 3.67. The lowest BCUT2D eigenvalue weighted by Gasteiger charge is -2.09. The SMILES string of the molecule is CC(C)NC(=O)C(=O)N/N=C\c1ccc(OCC(=O)Nc2ccccc2)c(Cl)c1. The first-order valence-corrected chi connectivity index (χ1v) is 9.14. The Morgan fingerprint density at radius 1 is 1.10 bits per heavy atom. The topological polar surface area (TPSA) is 109 Å². The van der Waals surface area contributed by atoms with Gasteiger partial charge in [-0.25, -0.2) is 5.43 Å². The van der Waals surface area contributed by atoms with Gasteiger partial charge in [0.25, 0.3) is 5.91 Å². The minimum Gasteiger partial charge on any atom is -0.482 e. The Kier molecular flexibility index (Phi) is 8.17. The van der Waals surface area contributed by atoms with Crippen LogP contribution in [0.2, 0.25) is 5.02 Å². The van der Waals surface area contributed by atoms with Crippen LogP contribution in [0.1, 0.15) is 19.4 Å². The van der Waals surface area contributed by atoms with Crippen molar-refractivity contribution in [1.29, 1.82) is 0 Å². The lowest BCUT2D eigenvalue weighted by atomic mass is 10.2. The number of amides is 3. The fourth-order valence-corrected chi connectivity index (χ4v) is 2.36. The summed E-state index contributed by atoms with van der Waals surface area (Å²) in [6.07, 6.45) is 1.33. The molecule has 0 atom stereocenters. The smallest absolute Gasteiger partial charge is 0.329 e. The summed E-state index contributed by atoms with van der Waals surface area (Å²) in [7, 11) is 0. The third kappa shape index (κ3) is 7.63. The zero-order valence-corrected chi connectivity index (χ0v) is 16.7. The van der Waals surface area contributed by atoms with E-state index in [1.807, 2.05) is 18.2 Å². The number of anilines is 1. The molecule has 2 rings (SSSR count). The number of rotatable bonds is 7. The predicted octanol–water partition coefficient (Wildman–Crippen LogP) is 2.33. The van der Waals surface area contributed by atoms with Crippen molar-refractivity contribution >= 4 is 41.2 Å². The van der Waals surface area contributed by atoms with Crippen molar-refractivity contribution in [2.24, 2.45) is 5.10 Å². The number of hydrogen-bond acceptors (Lipinski definition) is 5. The van der Waals surface area contributed by atoms with Gasteiger partial charge in [0.2, 0.25) is 0 Å². The number of hydrazone groups is 1. The van der Waals surface area contributed by atoms with Crippen molar-refractivity contribution in [3.05, 3.63) is 59.1 Å². The summed E-state index contributed by atoms with van der Waals surface area (Å²) in [5, 5.41) is 9.13. The maximum absolute atomic E-state index is 11.9. The summed E-state index contributed by atoms with van der Waals surface area (Å²) in [5.41, 5.74) is 3.36. The molecule has 0 aliphatic heterocycles. The molecule has 0 radical (unpaired) electrons. The largest absolute Gasteiger partial charge is 0.482 e. The second-order valence-electron chi connectivity index (χ2n) is 6.22. The maximum atomic E-state index is 11.9. The van der Waals surface area contributed by atoms with Crippen molar-refractivity contribution in [2.75, 3.05) is 11.9 Å². The van der Waals surface area contributed by atoms with Crippen LogP contribution in [0.15, 0.2) is 53.6 Å². The quantitative estimate of drug-likeness (QED) is 0.365. The average molecular weight is 417 g/mol. The Bertz CT molecular complexity index is 901. The van der Waals surface area contributed by atoms with Crippen LogP contribution in [0.25, 0.3) is 0 Å². The minimum absolute atomic E-state index is 0.154. The van der Waals surface area contributed by atoms with Crippen LogP contribution >= 0.6 is 11.6 Å². The van der Waals surface area contributed by atoms with E-state index in [2.05, 4.69) is 21.2 Å². The molecule has 0 aliphatic rings. The Morgan fingerprint density at radius 2 is 1.83 bits per heavy atom. The first kappa shape index (κ1) is 21.9. The summed E-state index contributed by atoms with van der Waals surface area (Å²) in [6.45, 7) is 3.28. The zero-order chi connectivity index (χ0) is 21.2. The Hall–Kier alpha value is -3.39. The molecule has 0 aliphatic carbocycles. The molecule has 3 amide bonds. The van der Waals surface area contributed by atoms with Crippen LogP contribution in [0.3, 0.4) is 0 Å². The van der Waals surface area contributed by atoms with E-state index in [0.29, 0.717) is 17.0 Å². The highest BCUT2D eigenvalue weighted by Crippen LogP contribution is 2.25. The van der Waals surface area contributed by atoms with E-state index in [4.69, 9.17) is 16.3 Å². The van der Waals surface area contributed by atoms with Crippen molar-refractivity contribution in [1.82, 2.24) is 10.7 Å². The number of hydrogen-bond donors (Lipinski definition) is 3. The summed E-state index contributed by atoms with van der Waals surface area (Å²) in [6, 6.07) is 13.6. The number of nitrogens with zero attached hydrogens (tertiary/aromatic N) is 1. The second kappa shape index (κ2) is 10.8. The van der Waals surface area contributed by atoms with E-state index in [9.17, 15) is 14.4 Å². The summed E-state index contributed by atoms with van der Waals surface area (Å²) >= 11 is 6.15. The van der Waals surface area contributed by atoms with E-state index in [0.717, 1.165) is 0 Å². The summed E-state index contributed by atoms with van der Waals surface area (Å²) < 4.78 is 5.43. The molecule has 2 aromatic carbocycles. The summed E-state index contributed by atoms with van der Waals surface area (Å²) in [5.74, 6) is -1.63. The van der Waals surface area contributed by atoms with Gasteiger partial charge >= 0.3 is 11.8 Å².